The van der Waals surface area contributed by atoms with Crippen molar-refractivity contribution in [1.82, 2.24) is 0 Å². The van der Waals surface area contributed by atoms with Crippen molar-refractivity contribution in [3.05, 3.63) is 23.8 Å². The molecule has 0 aromatic rings. The summed E-state index contributed by atoms with van der Waals surface area (Å²) in [5.41, 5.74) is -4.69. The lowest BCUT2D eigenvalue weighted by Crippen LogP contribution is -2.68. The Kier molecular flexibility index (Phi) is 6.85. The molecule has 8 atom stereocenters. The maximum Gasteiger partial charge on any atom is 0.312 e. The zero-order valence-corrected chi connectivity index (χ0v) is 20.5. The van der Waals surface area contributed by atoms with Crippen molar-refractivity contribution in [2.75, 3.05) is 0 Å². The second-order valence-corrected chi connectivity index (χ2v) is 10.1. The Morgan fingerprint density at radius 1 is 1.21 bits per heavy atom. The minimum Gasteiger partial charge on any atom is -0.461 e. The molecular weight excluding hydrogens is 444 g/mol. The highest BCUT2D eigenvalue weighted by Gasteiger charge is 2.68. The summed E-state index contributed by atoms with van der Waals surface area (Å²) in [5.74, 6) is -5.00. The van der Waals surface area contributed by atoms with Crippen LogP contribution in [0.25, 0.3) is 0 Å². The van der Waals surface area contributed by atoms with Gasteiger partial charge in [-0.2, -0.15) is 0 Å². The largest absolute Gasteiger partial charge is 0.461 e. The van der Waals surface area contributed by atoms with Gasteiger partial charge < -0.3 is 24.4 Å². The number of hydrogen-bond donors (Lipinski definition) is 2. The summed E-state index contributed by atoms with van der Waals surface area (Å²) in [4.78, 5) is 50.2. The molecule has 9 nitrogen and oxygen atoms in total. The molecule has 2 N–H and O–H groups in total. The van der Waals surface area contributed by atoms with Crippen LogP contribution in [0.3, 0.4) is 0 Å². The second-order valence-electron chi connectivity index (χ2n) is 10.1. The molecule has 9 heteroatoms. The molecule has 3 rings (SSSR count). The van der Waals surface area contributed by atoms with Crippen molar-refractivity contribution < 1.29 is 43.6 Å². The van der Waals surface area contributed by atoms with E-state index in [1.165, 1.54) is 19.9 Å². The summed E-state index contributed by atoms with van der Waals surface area (Å²) < 4.78 is 16.9. The number of fused-ring (bicyclic) bond motifs is 2. The van der Waals surface area contributed by atoms with Crippen LogP contribution in [0.4, 0.5) is 0 Å². The average Bonchev–Trinajstić information content (AvgIpc) is 2.96. The molecule has 1 saturated heterocycles. The van der Waals surface area contributed by atoms with E-state index in [0.717, 1.165) is 12.5 Å². The van der Waals surface area contributed by atoms with E-state index in [9.17, 15) is 29.4 Å². The number of ketones is 1. The van der Waals surface area contributed by atoms with Gasteiger partial charge in [0, 0.05) is 24.7 Å². The fraction of sp³-hybridized carbons (Fsp3) is 0.680. The van der Waals surface area contributed by atoms with Crippen molar-refractivity contribution in [3.63, 3.8) is 0 Å². The molecule has 2 aliphatic carbocycles. The minimum absolute atomic E-state index is 0.115. The van der Waals surface area contributed by atoms with E-state index in [4.69, 9.17) is 14.2 Å². The van der Waals surface area contributed by atoms with Crippen LogP contribution in [0.1, 0.15) is 60.8 Å². The molecule has 34 heavy (non-hydrogen) atoms. The fourth-order valence-electron chi connectivity index (χ4n) is 5.60. The van der Waals surface area contributed by atoms with Crippen molar-refractivity contribution in [1.29, 1.82) is 0 Å². The minimum atomic E-state index is -2.12. The number of carbonyl (C=O) groups is 4. The molecule has 1 fully saturated rings. The molecule has 0 saturated carbocycles. The summed E-state index contributed by atoms with van der Waals surface area (Å²) in [5, 5.41) is 23.6. The third-order valence-corrected chi connectivity index (χ3v) is 7.66. The van der Waals surface area contributed by atoms with E-state index in [-0.39, 0.29) is 6.42 Å². The lowest BCUT2D eigenvalue weighted by molar-refractivity contribution is -0.224. The molecule has 1 aliphatic heterocycles. The van der Waals surface area contributed by atoms with Crippen LogP contribution < -0.4 is 0 Å². The van der Waals surface area contributed by atoms with Gasteiger partial charge in [0.15, 0.2) is 17.5 Å². The molecule has 188 valence electrons. The van der Waals surface area contributed by atoms with Crippen molar-refractivity contribution in [2.45, 2.75) is 90.3 Å². The fourth-order valence-corrected chi connectivity index (χ4v) is 5.60. The highest BCUT2D eigenvalue weighted by Crippen LogP contribution is 2.54. The molecular formula is C25H34O9. The van der Waals surface area contributed by atoms with Gasteiger partial charge in [0.2, 0.25) is 0 Å². The van der Waals surface area contributed by atoms with Gasteiger partial charge in [-0.15, -0.1) is 0 Å². The van der Waals surface area contributed by atoms with Crippen LogP contribution in [-0.2, 0) is 33.4 Å². The smallest absolute Gasteiger partial charge is 0.312 e. The lowest BCUT2D eigenvalue weighted by Gasteiger charge is -2.54. The van der Waals surface area contributed by atoms with Crippen LogP contribution in [0.2, 0.25) is 0 Å². The van der Waals surface area contributed by atoms with Crippen molar-refractivity contribution >= 4 is 23.7 Å². The molecule has 0 radical (unpaired) electrons. The summed E-state index contributed by atoms with van der Waals surface area (Å²) in [6, 6.07) is 0. The van der Waals surface area contributed by atoms with Gasteiger partial charge >= 0.3 is 17.9 Å². The molecule has 0 unspecified atom stereocenters. The number of rotatable bonds is 3. The zero-order chi connectivity index (χ0) is 25.6. The van der Waals surface area contributed by atoms with E-state index in [0.29, 0.717) is 12.8 Å². The second kappa shape index (κ2) is 8.92. The third kappa shape index (κ3) is 4.09. The first-order valence-corrected chi connectivity index (χ1v) is 11.6. The van der Waals surface area contributed by atoms with Crippen molar-refractivity contribution in [2.24, 2.45) is 17.3 Å². The summed E-state index contributed by atoms with van der Waals surface area (Å²) in [6.45, 7) is 9.03. The van der Waals surface area contributed by atoms with E-state index in [1.807, 2.05) is 0 Å². The maximum atomic E-state index is 12.9. The Bertz CT molecular complexity index is 948. The summed E-state index contributed by atoms with van der Waals surface area (Å²) in [6.07, 6.45) is 1.70. The molecule has 0 aromatic carbocycles. The van der Waals surface area contributed by atoms with E-state index < -0.39 is 70.5 Å². The third-order valence-electron chi connectivity index (χ3n) is 7.66. The van der Waals surface area contributed by atoms with Crippen LogP contribution in [0, 0.1) is 17.3 Å². The van der Waals surface area contributed by atoms with Gasteiger partial charge in [-0.3, -0.25) is 19.2 Å². The average molecular weight is 479 g/mol. The molecule has 0 bridgehead atoms. The highest BCUT2D eigenvalue weighted by atomic mass is 16.6. The number of ether oxygens (including phenoxy) is 3. The lowest BCUT2D eigenvalue weighted by atomic mass is 9.55. The van der Waals surface area contributed by atoms with Crippen LogP contribution in [0.15, 0.2) is 23.8 Å². The van der Waals surface area contributed by atoms with E-state index in [1.54, 1.807) is 32.9 Å². The Balaban J connectivity index is 2.34. The highest BCUT2D eigenvalue weighted by molar-refractivity contribution is 5.98. The molecule has 1 heterocycles. The monoisotopic (exact) mass is 478 g/mol. The first-order valence-electron chi connectivity index (χ1n) is 11.6. The van der Waals surface area contributed by atoms with Crippen LogP contribution in [-0.4, -0.2) is 63.4 Å². The van der Waals surface area contributed by atoms with Crippen molar-refractivity contribution in [3.8, 4) is 0 Å². The Morgan fingerprint density at radius 2 is 1.85 bits per heavy atom. The van der Waals surface area contributed by atoms with Gasteiger partial charge in [-0.25, -0.2) is 0 Å². The quantitative estimate of drug-likeness (QED) is 0.353. The SMILES string of the molecule is CCC(=O)O[C@H]1CC/C(C)=C\[C@@H]2OC(=O)[C@H](C)[C@@]2(O)[C@@H](OC(C)=O)[C@@H]2[C@]1(C)C=CC(=O)[C@@]2(C)O. The van der Waals surface area contributed by atoms with Gasteiger partial charge in [0.05, 0.1) is 5.92 Å². The first-order chi connectivity index (χ1) is 15.7. The standard InChI is InChI=1S/C25H34O9/c1-7-19(28)33-17-9-8-13(2)12-18-25(31,14(3)22(29)34-18)21(32-15(4)26)20-23(17,5)11-10-16(27)24(20,6)30/h10-12,14,17-18,20-21,30-31H,7-9H2,1-6H3/b13-12-/t14-,17-,18-,20+,21-,23+,24+,25-/m0/s1. The van der Waals surface area contributed by atoms with Gasteiger partial charge in [0.25, 0.3) is 0 Å². The Morgan fingerprint density at radius 3 is 2.44 bits per heavy atom. The maximum absolute atomic E-state index is 12.9. The molecule has 0 amide bonds. The first kappa shape index (κ1) is 26.1. The predicted octanol–water partition coefficient (Wildman–Crippen LogP) is 1.78. The van der Waals surface area contributed by atoms with Gasteiger partial charge in [-0.1, -0.05) is 25.5 Å². The number of esters is 3. The molecule has 0 spiro atoms. The number of allylic oxidation sites excluding steroid dienone is 1. The van der Waals surface area contributed by atoms with Crippen LogP contribution >= 0.6 is 0 Å². The Hall–Kier alpha value is -2.52. The van der Waals surface area contributed by atoms with Crippen LogP contribution in [0.5, 0.6) is 0 Å². The summed E-state index contributed by atoms with van der Waals surface area (Å²) in [7, 11) is 0. The van der Waals surface area contributed by atoms with E-state index in [2.05, 4.69) is 0 Å². The topological polar surface area (TPSA) is 136 Å². The Labute approximate surface area is 199 Å². The van der Waals surface area contributed by atoms with Gasteiger partial charge in [0.1, 0.15) is 17.8 Å². The zero-order valence-electron chi connectivity index (χ0n) is 20.5. The number of carbonyl (C=O) groups excluding carboxylic acids is 4. The van der Waals surface area contributed by atoms with Gasteiger partial charge in [-0.05, 0) is 45.8 Å². The van der Waals surface area contributed by atoms with E-state index >= 15 is 0 Å². The number of hydrogen-bond acceptors (Lipinski definition) is 9. The normalized spacial score (nSPS) is 43.6. The molecule has 0 aromatic heterocycles. The summed E-state index contributed by atoms with van der Waals surface area (Å²) >= 11 is 0. The predicted molar refractivity (Wildman–Crippen MR) is 119 cm³/mol. The molecule has 3 aliphatic rings. The number of aliphatic hydroxyl groups is 2.